The molecule has 46 heavy (non-hydrogen) atoms. The Hall–Kier alpha value is -2.89. The maximum Gasteiger partial charge on any atom is 0.582 e. The van der Waals surface area contributed by atoms with Gasteiger partial charge in [0.1, 0.15) is 43.5 Å². The van der Waals surface area contributed by atoms with Crippen LogP contribution in [0.15, 0.2) is 17.4 Å². The number of hydrogen-bond donors (Lipinski definition) is 6. The highest BCUT2D eigenvalue weighted by Gasteiger charge is 2.51. The second-order valence-electron chi connectivity index (χ2n) is 9.94. The third-order valence-corrected chi connectivity index (χ3v) is 9.38. The number of nitrogens with one attached hydrogen (secondary N) is 1. The summed E-state index contributed by atoms with van der Waals surface area (Å²) in [6, 6.07) is 0. The van der Waals surface area contributed by atoms with Gasteiger partial charge in [0, 0.05) is 6.42 Å². The van der Waals surface area contributed by atoms with Crippen LogP contribution < -0.4 is 17.0 Å². The van der Waals surface area contributed by atoms with Gasteiger partial charge in [-0.15, -0.1) is 9.62 Å². The number of anilines is 2. The van der Waals surface area contributed by atoms with Gasteiger partial charge in [-0.3, -0.25) is 18.9 Å². The predicted molar refractivity (Wildman–Crippen MR) is 158 cm³/mol. The number of nitrogens with two attached hydrogens (primary N) is 2. The van der Waals surface area contributed by atoms with Crippen LogP contribution in [0, 0.1) is 0 Å². The Morgan fingerprint density at radius 1 is 1.15 bits per heavy atom. The molecule has 4 aromatic heterocycles. The van der Waals surface area contributed by atoms with E-state index in [1.807, 2.05) is 0 Å². The molecule has 6 heterocycles. The summed E-state index contributed by atoms with van der Waals surface area (Å²) in [4.78, 5) is 41.3. The molecular formula is C20H24F2N11O9P2S2+. The molecule has 0 bridgehead atoms. The van der Waals surface area contributed by atoms with Gasteiger partial charge in [0.2, 0.25) is 5.95 Å². The topological polar surface area (TPSA) is 276 Å². The van der Waals surface area contributed by atoms with Gasteiger partial charge in [0.05, 0.1) is 19.0 Å². The zero-order valence-electron chi connectivity index (χ0n) is 22.9. The number of nitrogen functional groups attached to an aromatic ring is 2. The maximum absolute atomic E-state index is 15.8. The summed E-state index contributed by atoms with van der Waals surface area (Å²) in [6.07, 6.45) is -11.0. The lowest BCUT2D eigenvalue weighted by molar-refractivity contribution is -0.0554. The normalized spacial score (nSPS) is 29.9. The first-order valence-corrected chi connectivity index (χ1v) is 18.0. The molecule has 248 valence electrons. The van der Waals surface area contributed by atoms with Crippen molar-refractivity contribution < 1.29 is 46.4 Å². The molecule has 2 saturated heterocycles. The van der Waals surface area contributed by atoms with Gasteiger partial charge in [-0.1, -0.05) is 5.21 Å². The van der Waals surface area contributed by atoms with Gasteiger partial charge in [0.25, 0.3) is 5.56 Å². The van der Waals surface area contributed by atoms with Crippen molar-refractivity contribution in [3.05, 3.63) is 23.0 Å². The second-order valence-corrected chi connectivity index (χ2v) is 14.4. The van der Waals surface area contributed by atoms with Crippen LogP contribution in [0.3, 0.4) is 0 Å². The molecule has 10 atom stereocenters. The number of H-pyrrole nitrogens is 1. The Morgan fingerprint density at radius 2 is 1.91 bits per heavy atom. The van der Waals surface area contributed by atoms with Crippen molar-refractivity contribution in [2.24, 2.45) is 0 Å². The second kappa shape index (κ2) is 13.0. The van der Waals surface area contributed by atoms with Crippen LogP contribution in [-0.4, -0.2) is 104 Å². The summed E-state index contributed by atoms with van der Waals surface area (Å²) in [5.74, 6) is -0.274. The van der Waals surface area contributed by atoms with Crippen LogP contribution in [0.4, 0.5) is 20.5 Å². The Balaban J connectivity index is 1.19. The quantitative estimate of drug-likeness (QED) is 0.0874. The highest BCUT2D eigenvalue weighted by Crippen LogP contribution is 2.51. The summed E-state index contributed by atoms with van der Waals surface area (Å²) in [5.41, 5.74) is 10.6. The first kappa shape index (κ1) is 33.0. The molecule has 0 aliphatic carbocycles. The average Bonchev–Trinajstić information content (AvgIpc) is 3.74. The first-order chi connectivity index (χ1) is 21.8. The molecule has 20 nitrogen and oxygen atoms in total. The number of imidazole rings is 1. The number of aromatic nitrogens is 9. The Bertz CT molecular complexity index is 1890. The third-order valence-electron chi connectivity index (χ3n) is 7.07. The summed E-state index contributed by atoms with van der Waals surface area (Å²) in [7, 11) is -2.28. The van der Waals surface area contributed by atoms with Crippen LogP contribution in [0.1, 0.15) is 18.9 Å². The van der Waals surface area contributed by atoms with Gasteiger partial charge in [0.15, 0.2) is 52.9 Å². The zero-order valence-corrected chi connectivity index (χ0v) is 26.4. The van der Waals surface area contributed by atoms with Crippen molar-refractivity contribution in [3.8, 4) is 0 Å². The fraction of sp³-hybridized carbons (Fsp3) is 0.550. The van der Waals surface area contributed by atoms with Crippen LogP contribution in [0.25, 0.3) is 22.3 Å². The number of aromatic amines is 1. The lowest BCUT2D eigenvalue weighted by atomic mass is 10.1. The van der Waals surface area contributed by atoms with Crippen molar-refractivity contribution in [1.82, 2.24) is 44.5 Å². The van der Waals surface area contributed by atoms with E-state index >= 15 is 8.78 Å². The average molecular weight is 727 g/mol. The van der Waals surface area contributed by atoms with Crippen molar-refractivity contribution in [1.29, 1.82) is 0 Å². The number of thiol groups is 1. The van der Waals surface area contributed by atoms with E-state index in [0.717, 1.165) is 21.9 Å². The molecule has 0 radical (unpaired) electrons. The van der Waals surface area contributed by atoms with E-state index in [-0.39, 0.29) is 47.1 Å². The summed E-state index contributed by atoms with van der Waals surface area (Å²) in [6.45, 7) is -5.31. The van der Waals surface area contributed by atoms with Crippen LogP contribution in [0.2, 0.25) is 0 Å². The third kappa shape index (κ3) is 6.34. The number of hydrogen-bond acceptors (Lipinski definition) is 17. The minimum absolute atomic E-state index is 0.00903. The van der Waals surface area contributed by atoms with Crippen LogP contribution in [0.5, 0.6) is 0 Å². The standard InChI is InChI=1S/C20H23F2N11O9P2S2/c21-8-6(1-2-38-43(36)45)40-19(32-5-27-11-16(32)28-20(24)29-17(11)35)13(8)42-44(37,46)39-3-7-12(34)9(22)18(41-7)33-15-10(30-31-33)14(23)25-4-26-15/h4-9,12-13,18-19,34H,1-3H2,(H6-,23,24,25,26,28,29,31,35,36,37,45,46)/p+1/t6-,7-,8-,9+,12-,13-,18-,19-,44?/m1/s1. The smallest absolute Gasteiger partial charge is 0.387 e. The SMILES string of the molecule is Nc1nc2c(ncn2[C@@H]2O[C@H](CCO[P+](=O)S)[C@@H](F)[C@H]2OP(O)(=S)OC[C@H]2O[C@@H](n3nnc4c(N)ncnc43)[C@@H](F)[C@@H]2O)c(=O)[nH]1. The Morgan fingerprint density at radius 3 is 2.67 bits per heavy atom. The Labute approximate surface area is 266 Å². The fourth-order valence-corrected chi connectivity index (χ4v) is 6.89. The summed E-state index contributed by atoms with van der Waals surface area (Å²) in [5, 5.41) is 18.1. The number of fused-ring (bicyclic) bond motifs is 2. The molecule has 2 aliphatic rings. The van der Waals surface area contributed by atoms with Gasteiger partial charge in [-0.2, -0.15) is 9.67 Å². The Kier molecular flexibility index (Phi) is 9.30. The summed E-state index contributed by atoms with van der Waals surface area (Å²) >= 11 is 8.77. The van der Waals surface area contributed by atoms with Crippen molar-refractivity contribution >= 4 is 72.1 Å². The van der Waals surface area contributed by atoms with Crippen LogP contribution >= 0.6 is 26.2 Å². The molecule has 0 amide bonds. The fourth-order valence-electron chi connectivity index (χ4n) is 4.98. The monoisotopic (exact) mass is 726 g/mol. The number of rotatable bonds is 11. The molecule has 2 aliphatic heterocycles. The van der Waals surface area contributed by atoms with E-state index in [9.17, 15) is 19.4 Å². The predicted octanol–water partition coefficient (Wildman–Crippen LogP) is -0.0367. The number of aliphatic hydroxyl groups is 1. The number of alkyl halides is 2. The molecule has 26 heteroatoms. The van der Waals surface area contributed by atoms with Gasteiger partial charge >= 0.3 is 13.9 Å². The molecule has 0 spiro atoms. The highest BCUT2D eigenvalue weighted by molar-refractivity contribution is 8.39. The van der Waals surface area contributed by atoms with E-state index in [1.54, 1.807) is 0 Å². The van der Waals surface area contributed by atoms with Crippen molar-refractivity contribution in [3.63, 3.8) is 0 Å². The highest BCUT2D eigenvalue weighted by atomic mass is 32.7. The molecular weight excluding hydrogens is 702 g/mol. The van der Waals surface area contributed by atoms with Crippen molar-refractivity contribution in [2.75, 3.05) is 24.7 Å². The molecule has 4 aromatic rings. The van der Waals surface area contributed by atoms with Gasteiger partial charge in [-0.05, 0) is 16.4 Å². The van der Waals surface area contributed by atoms with Gasteiger partial charge < -0.3 is 35.5 Å². The lowest BCUT2D eigenvalue weighted by Crippen LogP contribution is -2.33. The van der Waals surface area contributed by atoms with E-state index in [2.05, 4.69) is 47.5 Å². The maximum atomic E-state index is 15.8. The van der Waals surface area contributed by atoms with Crippen molar-refractivity contribution in [2.45, 2.75) is 55.6 Å². The van der Waals surface area contributed by atoms with E-state index in [0.29, 0.717) is 0 Å². The molecule has 7 N–H and O–H groups in total. The molecule has 0 saturated carbocycles. The first-order valence-electron chi connectivity index (χ1n) is 13.1. The number of nitrogens with zero attached hydrogens (tertiary/aromatic N) is 8. The minimum atomic E-state index is -4.40. The van der Waals surface area contributed by atoms with E-state index < -0.39 is 75.3 Å². The number of ether oxygens (including phenoxy) is 2. The number of halogens is 2. The zero-order chi connectivity index (χ0) is 32.9. The van der Waals surface area contributed by atoms with Gasteiger partial charge in [-0.25, -0.2) is 23.7 Å². The van der Waals surface area contributed by atoms with E-state index in [4.69, 9.17) is 46.3 Å². The number of aliphatic hydroxyl groups excluding tert-OH is 1. The van der Waals surface area contributed by atoms with E-state index in [1.165, 1.54) is 0 Å². The lowest BCUT2D eigenvalue weighted by Gasteiger charge is -2.26. The van der Waals surface area contributed by atoms with Crippen LogP contribution in [-0.2, 0) is 39.4 Å². The molecule has 6 rings (SSSR count). The molecule has 2 unspecified atom stereocenters. The minimum Gasteiger partial charge on any atom is -0.387 e. The molecule has 2 fully saturated rings. The summed E-state index contributed by atoms with van der Waals surface area (Å²) < 4.78 is 71.6. The largest absolute Gasteiger partial charge is 0.582 e. The molecule has 0 aromatic carbocycles.